The maximum absolute atomic E-state index is 13.6. The Morgan fingerprint density at radius 2 is 1.93 bits per heavy atom. The van der Waals surface area contributed by atoms with Crippen molar-refractivity contribution in [3.05, 3.63) is 63.2 Å². The summed E-state index contributed by atoms with van der Waals surface area (Å²) in [4.78, 5) is 12.1. The van der Waals surface area contributed by atoms with Crippen LogP contribution in [0.1, 0.15) is 29.0 Å². The van der Waals surface area contributed by atoms with Gasteiger partial charge in [-0.05, 0) is 31.5 Å². The highest BCUT2D eigenvalue weighted by atomic mass is 32.2. The van der Waals surface area contributed by atoms with Crippen molar-refractivity contribution in [2.24, 2.45) is 0 Å². The lowest BCUT2D eigenvalue weighted by molar-refractivity contribution is -0.886. The van der Waals surface area contributed by atoms with E-state index in [9.17, 15) is 18.5 Å². The molecule has 8 heteroatoms. The van der Waals surface area contributed by atoms with Gasteiger partial charge < -0.3 is 4.90 Å². The first-order valence-electron chi connectivity index (χ1n) is 9.41. The van der Waals surface area contributed by atoms with Gasteiger partial charge >= 0.3 is 0 Å². The number of quaternary nitrogens is 1. The Balaban J connectivity index is 1.86. The summed E-state index contributed by atoms with van der Waals surface area (Å²) < 4.78 is 28.7. The fraction of sp³-hybridized carbons (Fsp3) is 0.400. The number of nitro groups is 1. The van der Waals surface area contributed by atoms with Crippen LogP contribution >= 0.6 is 0 Å². The van der Waals surface area contributed by atoms with Gasteiger partial charge in [-0.2, -0.15) is 0 Å². The lowest BCUT2D eigenvalue weighted by Gasteiger charge is -2.34. The summed E-state index contributed by atoms with van der Waals surface area (Å²) in [5, 5.41) is 11.3. The largest absolute Gasteiger partial charge is 0.337 e. The molecule has 1 unspecified atom stereocenters. The van der Waals surface area contributed by atoms with Crippen molar-refractivity contribution in [1.29, 1.82) is 0 Å². The smallest absolute Gasteiger partial charge is 0.273 e. The molecule has 0 radical (unpaired) electrons. The van der Waals surface area contributed by atoms with Crippen LogP contribution < -0.4 is 9.21 Å². The van der Waals surface area contributed by atoms with Crippen LogP contribution in [0.2, 0.25) is 0 Å². The molecule has 0 spiro atoms. The fourth-order valence-electron chi connectivity index (χ4n) is 4.52. The number of anilines is 1. The summed E-state index contributed by atoms with van der Waals surface area (Å²) in [6.07, 6.45) is 0.761. The lowest BCUT2D eigenvalue weighted by atomic mass is 9.89. The van der Waals surface area contributed by atoms with E-state index in [1.165, 1.54) is 27.4 Å². The molecule has 0 amide bonds. The van der Waals surface area contributed by atoms with E-state index in [4.69, 9.17) is 0 Å². The molecule has 1 saturated heterocycles. The Bertz CT molecular complexity index is 1070. The summed E-state index contributed by atoms with van der Waals surface area (Å²) in [5.74, 6) is 0.138. The zero-order chi connectivity index (χ0) is 20.2. The second-order valence-corrected chi connectivity index (χ2v) is 9.76. The SMILES string of the molecule is Cc1ccc2c(c1)[C@H]1C[NH+](C)CC[C@@H]1N2S(=O)(=O)c1ccc(C)c([N+](=O)[O-])c1. The molecule has 3 atom stereocenters. The number of nitro benzene ring substituents is 1. The first kappa shape index (κ1) is 18.9. The molecule has 2 aromatic rings. The third-order valence-electron chi connectivity index (χ3n) is 5.95. The zero-order valence-corrected chi connectivity index (χ0v) is 17.0. The van der Waals surface area contributed by atoms with Gasteiger partial charge in [-0.15, -0.1) is 0 Å². The van der Waals surface area contributed by atoms with E-state index in [-0.39, 0.29) is 22.5 Å². The van der Waals surface area contributed by atoms with Crippen LogP contribution in [0.25, 0.3) is 0 Å². The highest BCUT2D eigenvalue weighted by Crippen LogP contribution is 2.46. The molecule has 4 rings (SSSR count). The Kier molecular flexibility index (Phi) is 4.43. The maximum Gasteiger partial charge on any atom is 0.273 e. The third kappa shape index (κ3) is 2.87. The number of aryl methyl sites for hydroxylation is 2. The highest BCUT2D eigenvalue weighted by Gasteiger charge is 2.48. The molecule has 28 heavy (non-hydrogen) atoms. The number of fused-ring (bicyclic) bond motifs is 3. The summed E-state index contributed by atoms with van der Waals surface area (Å²) in [6.45, 7) is 5.39. The van der Waals surface area contributed by atoms with Gasteiger partial charge in [-0.1, -0.05) is 23.8 Å². The molecular weight excluding hydrogens is 378 g/mol. The number of piperidine rings is 1. The zero-order valence-electron chi connectivity index (χ0n) is 16.2. The summed E-state index contributed by atoms with van der Waals surface area (Å²) in [6, 6.07) is 9.90. The van der Waals surface area contributed by atoms with Crippen LogP contribution in [-0.4, -0.2) is 39.5 Å². The Morgan fingerprint density at radius 1 is 1.18 bits per heavy atom. The average Bonchev–Trinajstić information content (AvgIpc) is 2.95. The molecule has 0 aromatic heterocycles. The Labute approximate surface area is 164 Å². The van der Waals surface area contributed by atoms with Gasteiger partial charge in [0.1, 0.15) is 0 Å². The summed E-state index contributed by atoms with van der Waals surface area (Å²) >= 11 is 0. The molecule has 2 aliphatic rings. The van der Waals surface area contributed by atoms with Gasteiger partial charge in [-0.25, -0.2) is 8.42 Å². The van der Waals surface area contributed by atoms with Crippen LogP contribution in [0.15, 0.2) is 41.3 Å². The Morgan fingerprint density at radius 3 is 2.64 bits per heavy atom. The van der Waals surface area contributed by atoms with E-state index in [0.29, 0.717) is 11.3 Å². The highest BCUT2D eigenvalue weighted by molar-refractivity contribution is 7.92. The second-order valence-electron chi connectivity index (χ2n) is 7.94. The number of sulfonamides is 1. The van der Waals surface area contributed by atoms with Crippen molar-refractivity contribution < 1.29 is 18.2 Å². The van der Waals surface area contributed by atoms with Crippen molar-refractivity contribution in [2.45, 2.75) is 37.1 Å². The normalized spacial score (nSPS) is 24.0. The van der Waals surface area contributed by atoms with Crippen molar-refractivity contribution in [2.75, 3.05) is 24.4 Å². The minimum Gasteiger partial charge on any atom is -0.337 e. The van der Waals surface area contributed by atoms with Crippen molar-refractivity contribution in [3.8, 4) is 0 Å². The monoisotopic (exact) mass is 402 g/mol. The van der Waals surface area contributed by atoms with Gasteiger partial charge in [-0.3, -0.25) is 14.4 Å². The van der Waals surface area contributed by atoms with E-state index in [1.54, 1.807) is 6.92 Å². The predicted octanol–water partition coefficient (Wildman–Crippen LogP) is 1.79. The van der Waals surface area contributed by atoms with Crippen molar-refractivity contribution >= 4 is 21.4 Å². The molecule has 2 aliphatic heterocycles. The number of benzene rings is 2. The van der Waals surface area contributed by atoms with Crippen LogP contribution in [0.3, 0.4) is 0 Å². The fourth-order valence-corrected chi connectivity index (χ4v) is 6.29. The molecule has 7 nitrogen and oxygen atoms in total. The number of likely N-dealkylation sites (N-methyl/N-ethyl adjacent to an activating group) is 1. The number of nitrogens with one attached hydrogen (secondary N) is 1. The standard InChI is InChI=1S/C20H23N3O4S/c1-13-4-7-18-16(10-13)17-12-21(3)9-8-19(17)22(18)28(26,27)15-6-5-14(2)20(11-15)23(24)25/h4-7,10-11,17,19H,8-9,12H2,1-3H3/p+1/t17-,19+/m1/s1. The number of likely N-dealkylation sites (tertiary alicyclic amines) is 1. The molecule has 0 bridgehead atoms. The lowest BCUT2D eigenvalue weighted by Crippen LogP contribution is -3.11. The molecule has 1 N–H and O–H groups in total. The molecule has 2 heterocycles. The van der Waals surface area contributed by atoms with E-state index in [0.717, 1.165) is 30.6 Å². The van der Waals surface area contributed by atoms with Gasteiger partial charge in [0.15, 0.2) is 0 Å². The van der Waals surface area contributed by atoms with Crippen LogP contribution in [0.5, 0.6) is 0 Å². The van der Waals surface area contributed by atoms with E-state index >= 15 is 0 Å². The summed E-state index contributed by atoms with van der Waals surface area (Å²) in [5.41, 5.74) is 3.15. The van der Waals surface area contributed by atoms with Crippen molar-refractivity contribution in [3.63, 3.8) is 0 Å². The van der Waals surface area contributed by atoms with Crippen LogP contribution in [0.4, 0.5) is 11.4 Å². The van der Waals surface area contributed by atoms with Crippen LogP contribution in [0, 0.1) is 24.0 Å². The molecule has 2 aromatic carbocycles. The number of rotatable bonds is 3. The molecule has 148 valence electrons. The Hall–Kier alpha value is -2.45. The average molecular weight is 402 g/mol. The van der Waals surface area contributed by atoms with Gasteiger partial charge in [0, 0.05) is 18.1 Å². The maximum atomic E-state index is 13.6. The van der Waals surface area contributed by atoms with E-state index in [1.807, 2.05) is 19.1 Å². The van der Waals surface area contributed by atoms with Gasteiger partial charge in [0.2, 0.25) is 0 Å². The van der Waals surface area contributed by atoms with Gasteiger partial charge in [0.05, 0.1) is 47.6 Å². The summed E-state index contributed by atoms with van der Waals surface area (Å²) in [7, 11) is -1.77. The first-order valence-corrected chi connectivity index (χ1v) is 10.9. The predicted molar refractivity (Wildman–Crippen MR) is 106 cm³/mol. The van der Waals surface area contributed by atoms with Crippen molar-refractivity contribution in [1.82, 2.24) is 0 Å². The second kappa shape index (κ2) is 6.56. The van der Waals surface area contributed by atoms with E-state index in [2.05, 4.69) is 13.1 Å². The topological polar surface area (TPSA) is 85.0 Å². The van der Waals surface area contributed by atoms with Crippen LogP contribution in [-0.2, 0) is 10.0 Å². The first-order chi connectivity index (χ1) is 13.2. The minimum absolute atomic E-state index is 0.0248. The quantitative estimate of drug-likeness (QED) is 0.627. The number of hydrogen-bond donors (Lipinski definition) is 1. The molecule has 0 saturated carbocycles. The third-order valence-corrected chi connectivity index (χ3v) is 7.79. The van der Waals surface area contributed by atoms with E-state index < -0.39 is 14.9 Å². The minimum atomic E-state index is -3.91. The molecular formula is C20H24N3O4S+. The molecule has 1 fully saturated rings. The number of hydrogen-bond acceptors (Lipinski definition) is 4. The molecule has 0 aliphatic carbocycles. The van der Waals surface area contributed by atoms with Gasteiger partial charge in [0.25, 0.3) is 15.7 Å². The number of nitrogens with zero attached hydrogens (tertiary/aromatic N) is 2.